The van der Waals surface area contributed by atoms with Crippen LogP contribution in [0.3, 0.4) is 0 Å². The molecule has 2 N–H and O–H groups in total. The number of ether oxygens (including phenoxy) is 2. The Bertz CT molecular complexity index is 827. The van der Waals surface area contributed by atoms with Crippen molar-refractivity contribution in [3.8, 4) is 11.5 Å². The molecule has 1 atom stereocenters. The maximum atomic E-state index is 11.3. The first-order valence-electron chi connectivity index (χ1n) is 10.3. The highest BCUT2D eigenvalue weighted by atomic mass is 16.5. The molecular formula is C24H31NO4. The lowest BCUT2D eigenvalue weighted by atomic mass is 9.85. The number of hydrogen-bond donors (Lipinski definition) is 2. The third-order valence-electron chi connectivity index (χ3n) is 6.01. The van der Waals surface area contributed by atoms with Crippen LogP contribution >= 0.6 is 0 Å². The van der Waals surface area contributed by atoms with Gasteiger partial charge in [-0.25, -0.2) is 0 Å². The van der Waals surface area contributed by atoms with Gasteiger partial charge in [0.2, 0.25) is 0 Å². The molecule has 0 saturated heterocycles. The van der Waals surface area contributed by atoms with E-state index >= 15 is 0 Å². The number of benzene rings is 2. The highest BCUT2D eigenvalue weighted by Crippen LogP contribution is 2.33. The SMILES string of the molecule is COc1ccc(C(Cc2ccccc2C)NC2CCC(C(=O)O)CC2)cc1OC. The van der Waals surface area contributed by atoms with Crippen LogP contribution in [0.5, 0.6) is 11.5 Å². The topological polar surface area (TPSA) is 67.8 Å². The van der Waals surface area contributed by atoms with Gasteiger partial charge in [0.15, 0.2) is 11.5 Å². The maximum Gasteiger partial charge on any atom is 0.306 e. The number of aryl methyl sites for hydroxylation is 1. The zero-order chi connectivity index (χ0) is 20.8. The lowest BCUT2D eigenvalue weighted by Gasteiger charge is -2.31. The summed E-state index contributed by atoms with van der Waals surface area (Å²) in [5, 5.41) is 13.1. The molecule has 0 spiro atoms. The quantitative estimate of drug-likeness (QED) is 0.685. The van der Waals surface area contributed by atoms with Crippen molar-refractivity contribution in [2.45, 2.75) is 51.1 Å². The molecule has 1 aliphatic rings. The van der Waals surface area contributed by atoms with E-state index in [0.29, 0.717) is 11.8 Å². The molecule has 29 heavy (non-hydrogen) atoms. The van der Waals surface area contributed by atoms with E-state index in [0.717, 1.165) is 43.4 Å². The maximum absolute atomic E-state index is 11.3. The smallest absolute Gasteiger partial charge is 0.306 e. The van der Waals surface area contributed by atoms with Crippen molar-refractivity contribution >= 4 is 5.97 Å². The van der Waals surface area contributed by atoms with Crippen molar-refractivity contribution in [2.75, 3.05) is 14.2 Å². The first-order chi connectivity index (χ1) is 14.0. The molecule has 2 aromatic carbocycles. The molecule has 0 aliphatic heterocycles. The summed E-state index contributed by atoms with van der Waals surface area (Å²) in [7, 11) is 3.29. The minimum Gasteiger partial charge on any atom is -0.493 e. The van der Waals surface area contributed by atoms with Crippen LogP contribution in [-0.4, -0.2) is 31.3 Å². The number of nitrogens with one attached hydrogen (secondary N) is 1. The molecule has 2 aromatic rings. The van der Waals surface area contributed by atoms with E-state index in [-0.39, 0.29) is 12.0 Å². The van der Waals surface area contributed by atoms with Crippen LogP contribution in [0.1, 0.15) is 48.4 Å². The summed E-state index contributed by atoms with van der Waals surface area (Å²) in [4.78, 5) is 11.3. The molecule has 156 valence electrons. The monoisotopic (exact) mass is 397 g/mol. The van der Waals surface area contributed by atoms with Gasteiger partial charge >= 0.3 is 5.97 Å². The van der Waals surface area contributed by atoms with Crippen molar-refractivity contribution in [3.05, 3.63) is 59.2 Å². The largest absolute Gasteiger partial charge is 0.493 e. The second kappa shape index (κ2) is 9.79. The fourth-order valence-corrected chi connectivity index (χ4v) is 4.19. The molecule has 0 aromatic heterocycles. The average molecular weight is 398 g/mol. The standard InChI is InChI=1S/C24H31NO4/c1-16-6-4-5-7-18(16)14-21(19-10-13-22(28-2)23(15-19)29-3)25-20-11-8-17(9-12-20)24(26)27/h4-7,10,13,15,17,20-21,25H,8-9,11-12,14H2,1-3H3,(H,26,27). The highest BCUT2D eigenvalue weighted by Gasteiger charge is 2.28. The van der Waals surface area contributed by atoms with Crippen LogP contribution in [0.2, 0.25) is 0 Å². The molecule has 0 radical (unpaired) electrons. The molecule has 0 amide bonds. The van der Waals surface area contributed by atoms with Gasteiger partial charge in [-0.2, -0.15) is 0 Å². The Morgan fingerprint density at radius 3 is 2.38 bits per heavy atom. The molecule has 3 rings (SSSR count). The Kier molecular flexibility index (Phi) is 7.15. The Balaban J connectivity index is 1.82. The van der Waals surface area contributed by atoms with Crippen molar-refractivity contribution < 1.29 is 19.4 Å². The van der Waals surface area contributed by atoms with Crippen LogP contribution in [0.4, 0.5) is 0 Å². The first kappa shape index (κ1) is 21.2. The van der Waals surface area contributed by atoms with Gasteiger partial charge in [-0.15, -0.1) is 0 Å². The first-order valence-corrected chi connectivity index (χ1v) is 10.3. The van der Waals surface area contributed by atoms with Gasteiger partial charge < -0.3 is 19.9 Å². The fraction of sp³-hybridized carbons (Fsp3) is 0.458. The third-order valence-corrected chi connectivity index (χ3v) is 6.01. The zero-order valence-electron chi connectivity index (χ0n) is 17.5. The second-order valence-electron chi connectivity index (χ2n) is 7.85. The summed E-state index contributed by atoms with van der Waals surface area (Å²) >= 11 is 0. The van der Waals surface area contributed by atoms with Crippen molar-refractivity contribution in [1.29, 1.82) is 0 Å². The Hall–Kier alpha value is -2.53. The van der Waals surface area contributed by atoms with Crippen LogP contribution in [0, 0.1) is 12.8 Å². The van der Waals surface area contributed by atoms with E-state index in [1.807, 2.05) is 12.1 Å². The number of rotatable bonds is 8. The summed E-state index contributed by atoms with van der Waals surface area (Å²) < 4.78 is 10.9. The van der Waals surface area contributed by atoms with E-state index in [4.69, 9.17) is 9.47 Å². The number of hydrogen-bond acceptors (Lipinski definition) is 4. The van der Waals surface area contributed by atoms with Gasteiger partial charge in [0.25, 0.3) is 0 Å². The lowest BCUT2D eigenvalue weighted by Crippen LogP contribution is -2.38. The Morgan fingerprint density at radius 2 is 1.76 bits per heavy atom. The van der Waals surface area contributed by atoms with Crippen molar-refractivity contribution in [2.24, 2.45) is 5.92 Å². The van der Waals surface area contributed by atoms with Crippen molar-refractivity contribution in [3.63, 3.8) is 0 Å². The molecule has 1 aliphatic carbocycles. The van der Waals surface area contributed by atoms with Crippen LogP contribution < -0.4 is 14.8 Å². The van der Waals surface area contributed by atoms with Gasteiger partial charge in [0.1, 0.15) is 0 Å². The summed E-state index contributed by atoms with van der Waals surface area (Å²) in [6, 6.07) is 14.9. The van der Waals surface area contributed by atoms with Gasteiger partial charge in [0, 0.05) is 12.1 Å². The van der Waals surface area contributed by atoms with E-state index < -0.39 is 5.97 Å². The lowest BCUT2D eigenvalue weighted by molar-refractivity contribution is -0.142. The third kappa shape index (κ3) is 5.30. The summed E-state index contributed by atoms with van der Waals surface area (Å²) in [6.45, 7) is 2.14. The molecular weight excluding hydrogens is 366 g/mol. The fourth-order valence-electron chi connectivity index (χ4n) is 4.19. The normalized spacial score (nSPS) is 20.1. The number of aliphatic carboxylic acids is 1. The van der Waals surface area contributed by atoms with Crippen LogP contribution in [0.15, 0.2) is 42.5 Å². The molecule has 1 fully saturated rings. The minimum atomic E-state index is -0.667. The number of methoxy groups -OCH3 is 2. The van der Waals surface area contributed by atoms with E-state index in [9.17, 15) is 9.90 Å². The zero-order valence-corrected chi connectivity index (χ0v) is 17.5. The average Bonchev–Trinajstić information content (AvgIpc) is 2.74. The summed E-state index contributed by atoms with van der Waals surface area (Å²) in [5.74, 6) is 0.563. The van der Waals surface area contributed by atoms with Gasteiger partial charge in [0.05, 0.1) is 20.1 Å². The van der Waals surface area contributed by atoms with Gasteiger partial charge in [-0.1, -0.05) is 30.3 Å². The predicted octanol–water partition coefficient (Wildman–Crippen LogP) is 4.53. The van der Waals surface area contributed by atoms with Gasteiger partial charge in [-0.3, -0.25) is 4.79 Å². The number of carboxylic acid groups (broad SMARTS) is 1. The second-order valence-corrected chi connectivity index (χ2v) is 7.85. The van der Waals surface area contributed by atoms with Crippen LogP contribution in [0.25, 0.3) is 0 Å². The summed E-state index contributed by atoms with van der Waals surface area (Å²) in [5.41, 5.74) is 3.72. The minimum absolute atomic E-state index is 0.113. The van der Waals surface area contributed by atoms with E-state index in [1.165, 1.54) is 11.1 Å². The van der Waals surface area contributed by atoms with E-state index in [2.05, 4.69) is 42.6 Å². The molecule has 0 heterocycles. The molecule has 5 nitrogen and oxygen atoms in total. The van der Waals surface area contributed by atoms with Gasteiger partial charge in [-0.05, 0) is 67.9 Å². The molecule has 1 unspecified atom stereocenters. The number of carboxylic acids is 1. The van der Waals surface area contributed by atoms with Crippen molar-refractivity contribution in [1.82, 2.24) is 5.32 Å². The molecule has 1 saturated carbocycles. The summed E-state index contributed by atoms with van der Waals surface area (Å²) in [6.07, 6.45) is 4.09. The Labute approximate surface area is 173 Å². The van der Waals surface area contributed by atoms with Crippen LogP contribution in [-0.2, 0) is 11.2 Å². The predicted molar refractivity (Wildman–Crippen MR) is 114 cm³/mol. The number of carbonyl (C=O) groups is 1. The molecule has 0 bridgehead atoms. The molecule has 5 heteroatoms. The highest BCUT2D eigenvalue weighted by molar-refractivity contribution is 5.70. The van der Waals surface area contributed by atoms with E-state index in [1.54, 1.807) is 14.2 Å². The Morgan fingerprint density at radius 1 is 1.07 bits per heavy atom.